The number of aryl methyl sites for hydroxylation is 3. The summed E-state index contributed by atoms with van der Waals surface area (Å²) in [4.78, 5) is 22.9. The molecule has 0 radical (unpaired) electrons. The normalized spacial score (nSPS) is 21.8. The predicted molar refractivity (Wildman–Crippen MR) is 164 cm³/mol. The molecule has 2 atom stereocenters. The van der Waals surface area contributed by atoms with E-state index in [1.165, 1.54) is 24.0 Å². The number of methoxy groups -OCH3 is 1. The Hall–Kier alpha value is -3.97. The highest BCUT2D eigenvalue weighted by atomic mass is 16.5. The molecule has 7 rings (SSSR count). The summed E-state index contributed by atoms with van der Waals surface area (Å²) in [6.07, 6.45) is 6.80. The van der Waals surface area contributed by atoms with Crippen molar-refractivity contribution in [3.63, 3.8) is 0 Å². The summed E-state index contributed by atoms with van der Waals surface area (Å²) in [7, 11) is 4.06. The van der Waals surface area contributed by atoms with Crippen LogP contribution in [0.1, 0.15) is 71.0 Å². The van der Waals surface area contributed by atoms with Crippen LogP contribution in [0.3, 0.4) is 0 Å². The summed E-state index contributed by atoms with van der Waals surface area (Å²) in [6, 6.07) is 20.0. The first-order valence-electron chi connectivity index (χ1n) is 15.2. The number of aromatic nitrogens is 2. The first-order chi connectivity index (χ1) is 20.4. The van der Waals surface area contributed by atoms with Crippen molar-refractivity contribution < 1.29 is 14.1 Å². The zero-order valence-electron chi connectivity index (χ0n) is 24.9. The topological polar surface area (TPSA) is 71.7 Å². The third kappa shape index (κ3) is 4.70. The Morgan fingerprint density at radius 3 is 2.38 bits per heavy atom. The van der Waals surface area contributed by atoms with E-state index in [2.05, 4.69) is 53.3 Å². The number of piperidine rings is 1. The van der Waals surface area contributed by atoms with Gasteiger partial charge < -0.3 is 19.1 Å². The number of ether oxygens (including phenoxy) is 1. The van der Waals surface area contributed by atoms with E-state index in [-0.39, 0.29) is 5.91 Å². The molecule has 1 aromatic heterocycles. The van der Waals surface area contributed by atoms with Gasteiger partial charge in [0, 0.05) is 42.4 Å². The minimum atomic E-state index is 0.0570. The smallest absolute Gasteiger partial charge is 0.258 e. The first-order valence-corrected chi connectivity index (χ1v) is 15.2. The fourth-order valence-electron chi connectivity index (χ4n) is 7.49. The van der Waals surface area contributed by atoms with E-state index < -0.39 is 0 Å². The van der Waals surface area contributed by atoms with Gasteiger partial charge in [-0.2, -0.15) is 4.98 Å². The van der Waals surface area contributed by atoms with E-state index >= 15 is 0 Å². The molecular weight excluding hydrogens is 524 g/mol. The molecule has 0 saturated carbocycles. The van der Waals surface area contributed by atoms with Gasteiger partial charge in [0.25, 0.3) is 5.91 Å². The van der Waals surface area contributed by atoms with E-state index in [0.717, 1.165) is 65.9 Å². The second kappa shape index (κ2) is 10.7. The number of hydrogen-bond donors (Lipinski definition) is 0. The van der Waals surface area contributed by atoms with Gasteiger partial charge >= 0.3 is 0 Å². The fraction of sp³-hybridized carbons (Fsp3) is 0.400. The number of amides is 1. The number of carbonyl (C=O) groups excluding carboxylic acids is 1. The number of carbonyl (C=O) groups is 1. The quantitative estimate of drug-likeness (QED) is 0.262. The van der Waals surface area contributed by atoms with Gasteiger partial charge in [-0.15, -0.1) is 0 Å². The SMILES string of the molecule is COc1cc2c(cc1C1CC3CCC(C1)N3C)N(C(=O)c1ccc(-c3ccc(-c4noc(C)n4)cc3C)cc1)CCC2. The lowest BCUT2D eigenvalue weighted by molar-refractivity contribution is 0.0985. The van der Waals surface area contributed by atoms with E-state index in [9.17, 15) is 4.79 Å². The molecular formula is C35H38N4O3. The van der Waals surface area contributed by atoms with Gasteiger partial charge in [0.05, 0.1) is 7.11 Å². The van der Waals surface area contributed by atoms with Crippen LogP contribution in [0.2, 0.25) is 0 Å². The molecule has 0 spiro atoms. The largest absolute Gasteiger partial charge is 0.496 e. The molecule has 42 heavy (non-hydrogen) atoms. The van der Waals surface area contributed by atoms with Crippen molar-refractivity contribution in [2.45, 2.75) is 70.4 Å². The van der Waals surface area contributed by atoms with Crippen molar-refractivity contribution >= 4 is 11.6 Å². The van der Waals surface area contributed by atoms with Gasteiger partial charge in [0.15, 0.2) is 0 Å². The molecule has 0 N–H and O–H groups in total. The minimum Gasteiger partial charge on any atom is -0.496 e. The van der Waals surface area contributed by atoms with E-state index in [4.69, 9.17) is 9.26 Å². The molecule has 2 fully saturated rings. The van der Waals surface area contributed by atoms with Crippen LogP contribution in [0, 0.1) is 13.8 Å². The highest BCUT2D eigenvalue weighted by Crippen LogP contribution is 2.46. The maximum absolute atomic E-state index is 13.9. The third-order valence-corrected chi connectivity index (χ3v) is 9.79. The van der Waals surface area contributed by atoms with Crippen LogP contribution in [0.15, 0.2) is 59.1 Å². The minimum absolute atomic E-state index is 0.0570. The Morgan fingerprint density at radius 2 is 1.71 bits per heavy atom. The van der Waals surface area contributed by atoms with Crippen LogP contribution in [-0.4, -0.2) is 53.7 Å². The van der Waals surface area contributed by atoms with Crippen molar-refractivity contribution in [1.29, 1.82) is 0 Å². The molecule has 216 valence electrons. The van der Waals surface area contributed by atoms with Crippen molar-refractivity contribution in [3.8, 4) is 28.3 Å². The summed E-state index contributed by atoms with van der Waals surface area (Å²) >= 11 is 0. The lowest BCUT2D eigenvalue weighted by Gasteiger charge is -2.38. The Morgan fingerprint density at radius 1 is 0.976 bits per heavy atom. The molecule has 7 nitrogen and oxygen atoms in total. The lowest BCUT2D eigenvalue weighted by atomic mass is 9.83. The Balaban J connectivity index is 1.15. The monoisotopic (exact) mass is 562 g/mol. The van der Waals surface area contributed by atoms with Crippen LogP contribution in [0.4, 0.5) is 5.69 Å². The van der Waals surface area contributed by atoms with Crippen LogP contribution < -0.4 is 9.64 Å². The number of hydrogen-bond acceptors (Lipinski definition) is 6. The van der Waals surface area contributed by atoms with Crippen molar-refractivity contribution in [2.24, 2.45) is 0 Å². The zero-order chi connectivity index (χ0) is 29.0. The van der Waals surface area contributed by atoms with Crippen molar-refractivity contribution in [3.05, 3.63) is 82.7 Å². The summed E-state index contributed by atoms with van der Waals surface area (Å²) < 4.78 is 11.1. The highest BCUT2D eigenvalue weighted by Gasteiger charge is 2.40. The Kier molecular flexibility index (Phi) is 6.85. The van der Waals surface area contributed by atoms with Crippen LogP contribution in [0.25, 0.3) is 22.5 Å². The molecule has 3 aliphatic rings. The van der Waals surface area contributed by atoms with Gasteiger partial charge in [-0.25, -0.2) is 0 Å². The first kappa shape index (κ1) is 26.9. The van der Waals surface area contributed by atoms with Gasteiger partial charge in [-0.1, -0.05) is 29.4 Å². The molecule has 2 bridgehead atoms. The summed E-state index contributed by atoms with van der Waals surface area (Å²) in [5.41, 5.74) is 8.46. The van der Waals surface area contributed by atoms with E-state index in [1.54, 1.807) is 14.0 Å². The number of nitrogens with zero attached hydrogens (tertiary/aromatic N) is 4. The summed E-state index contributed by atoms with van der Waals surface area (Å²) in [5.74, 6) is 2.65. The number of rotatable bonds is 5. The van der Waals surface area contributed by atoms with E-state index in [0.29, 0.717) is 35.3 Å². The van der Waals surface area contributed by atoms with Crippen molar-refractivity contribution in [2.75, 3.05) is 25.6 Å². The Bertz CT molecular complexity index is 1630. The molecule has 3 aliphatic heterocycles. The molecule has 2 saturated heterocycles. The average molecular weight is 563 g/mol. The summed E-state index contributed by atoms with van der Waals surface area (Å²) in [6.45, 7) is 4.60. The second-order valence-electron chi connectivity index (χ2n) is 12.2. The fourth-order valence-corrected chi connectivity index (χ4v) is 7.49. The maximum Gasteiger partial charge on any atom is 0.258 e. The lowest BCUT2D eigenvalue weighted by Crippen LogP contribution is -2.39. The molecule has 4 aromatic rings. The standard InChI is InChI=1S/C35H38N4O3/c1-21-16-26(34-36-22(2)42-37-34)11-14-30(21)23-7-9-24(10-8-23)35(40)39-15-5-6-25-19-33(41-4)31(20-32(25)39)27-17-28-12-13-29(18-27)38(28)3/h7-11,14,16,19-20,27-29H,5-6,12-13,15,17-18H2,1-4H3. The molecule has 4 heterocycles. The average Bonchev–Trinajstić information content (AvgIpc) is 3.52. The van der Waals surface area contributed by atoms with Gasteiger partial charge in [-0.05, 0) is 117 Å². The van der Waals surface area contributed by atoms with E-state index in [1.807, 2.05) is 35.2 Å². The van der Waals surface area contributed by atoms with Gasteiger partial charge in [0.1, 0.15) is 5.75 Å². The van der Waals surface area contributed by atoms with Gasteiger partial charge in [0.2, 0.25) is 11.7 Å². The van der Waals surface area contributed by atoms with Gasteiger partial charge in [-0.3, -0.25) is 4.79 Å². The number of fused-ring (bicyclic) bond motifs is 3. The summed E-state index contributed by atoms with van der Waals surface area (Å²) in [5, 5.41) is 4.04. The second-order valence-corrected chi connectivity index (χ2v) is 12.2. The molecule has 3 aromatic carbocycles. The maximum atomic E-state index is 13.9. The molecule has 1 amide bonds. The highest BCUT2D eigenvalue weighted by molar-refractivity contribution is 6.07. The molecule has 7 heteroatoms. The molecule has 2 unspecified atom stereocenters. The molecule has 0 aliphatic carbocycles. The zero-order valence-corrected chi connectivity index (χ0v) is 24.9. The van der Waals surface area contributed by atoms with Crippen LogP contribution in [0.5, 0.6) is 5.75 Å². The number of benzene rings is 3. The van der Waals surface area contributed by atoms with Crippen molar-refractivity contribution in [1.82, 2.24) is 15.0 Å². The van der Waals surface area contributed by atoms with Crippen LogP contribution in [-0.2, 0) is 6.42 Å². The Labute approximate surface area is 247 Å². The predicted octanol–water partition coefficient (Wildman–Crippen LogP) is 6.96. The third-order valence-electron chi connectivity index (χ3n) is 9.79. The van der Waals surface area contributed by atoms with Crippen LogP contribution >= 0.6 is 0 Å². The number of anilines is 1.